The molecule has 0 bridgehead atoms. The van der Waals surface area contributed by atoms with E-state index in [4.69, 9.17) is 4.74 Å². The van der Waals surface area contributed by atoms with Crippen LogP contribution in [0.2, 0.25) is 0 Å². The number of nitrogens with zero attached hydrogens (tertiary/aromatic N) is 3. The van der Waals surface area contributed by atoms with Gasteiger partial charge in [0.15, 0.2) is 5.65 Å². The van der Waals surface area contributed by atoms with Crippen molar-refractivity contribution in [3.05, 3.63) is 46.4 Å². The Morgan fingerprint density at radius 1 is 1.33 bits per heavy atom. The molecule has 2 aromatic heterocycles. The smallest absolute Gasteiger partial charge is 0.263 e. The number of methoxy groups -OCH3 is 1. The van der Waals surface area contributed by atoms with Gasteiger partial charge >= 0.3 is 0 Å². The van der Waals surface area contributed by atoms with E-state index in [1.54, 1.807) is 7.11 Å². The van der Waals surface area contributed by atoms with Crippen molar-refractivity contribution in [1.82, 2.24) is 20.2 Å². The number of para-hydroxylation sites is 1. The average Bonchev–Trinajstić information content (AvgIpc) is 2.96. The van der Waals surface area contributed by atoms with Gasteiger partial charge in [-0.25, -0.2) is 0 Å². The summed E-state index contributed by atoms with van der Waals surface area (Å²) in [6, 6.07) is 7.73. The van der Waals surface area contributed by atoms with Crippen molar-refractivity contribution < 1.29 is 4.74 Å². The second-order valence-corrected chi connectivity index (χ2v) is 4.69. The molecule has 0 aliphatic rings. The highest BCUT2D eigenvalue weighted by Crippen LogP contribution is 2.20. The Morgan fingerprint density at radius 3 is 2.95 bits per heavy atom. The molecule has 7 nitrogen and oxygen atoms in total. The van der Waals surface area contributed by atoms with Crippen LogP contribution in [0.1, 0.15) is 5.56 Å². The van der Waals surface area contributed by atoms with Gasteiger partial charge in [0.05, 0.1) is 13.3 Å². The molecule has 21 heavy (non-hydrogen) atoms. The third-order valence-corrected chi connectivity index (χ3v) is 3.27. The van der Waals surface area contributed by atoms with E-state index in [-0.39, 0.29) is 5.56 Å². The first kappa shape index (κ1) is 13.2. The highest BCUT2D eigenvalue weighted by molar-refractivity contribution is 5.73. The van der Waals surface area contributed by atoms with E-state index in [1.165, 1.54) is 6.20 Å². The average molecular weight is 285 g/mol. The van der Waals surface area contributed by atoms with Crippen LogP contribution in [0.5, 0.6) is 5.75 Å². The van der Waals surface area contributed by atoms with Gasteiger partial charge in [-0.05, 0) is 6.07 Å². The third-order valence-electron chi connectivity index (χ3n) is 3.27. The topological polar surface area (TPSA) is 86.9 Å². The number of hydrogen-bond acceptors (Lipinski definition) is 5. The Morgan fingerprint density at radius 2 is 2.14 bits per heavy atom. The van der Waals surface area contributed by atoms with Gasteiger partial charge in [0.2, 0.25) is 5.95 Å². The summed E-state index contributed by atoms with van der Waals surface area (Å²) in [4.78, 5) is 20.9. The van der Waals surface area contributed by atoms with Gasteiger partial charge in [-0.15, -0.1) is 0 Å². The van der Waals surface area contributed by atoms with Crippen molar-refractivity contribution in [2.75, 3.05) is 19.1 Å². The standard InChI is InChI=1S/C14H15N5O2/c1-19(8-9-5-3-4-6-11(9)21-2)14-16-12-10(7-15-18-12)13(20)17-14/h3-7H,8H2,1-2H3,(H2,15,16,17,18,20). The lowest BCUT2D eigenvalue weighted by molar-refractivity contribution is 0.409. The Bertz CT molecular complexity index is 823. The predicted molar refractivity (Wildman–Crippen MR) is 79.6 cm³/mol. The SMILES string of the molecule is COc1ccccc1CN(C)c1nc2[nH]ncc2c(=O)[nH]1. The summed E-state index contributed by atoms with van der Waals surface area (Å²) < 4.78 is 5.33. The first-order valence-corrected chi connectivity index (χ1v) is 6.45. The fraction of sp³-hybridized carbons (Fsp3) is 0.214. The zero-order chi connectivity index (χ0) is 14.8. The molecule has 0 saturated carbocycles. The van der Waals surface area contributed by atoms with Gasteiger partial charge in [-0.2, -0.15) is 10.1 Å². The summed E-state index contributed by atoms with van der Waals surface area (Å²) in [5.74, 6) is 1.27. The molecule has 0 aliphatic heterocycles. The van der Waals surface area contributed by atoms with Crippen LogP contribution in [-0.4, -0.2) is 34.3 Å². The molecule has 0 unspecified atom stereocenters. The summed E-state index contributed by atoms with van der Waals surface area (Å²) in [6.07, 6.45) is 1.46. The summed E-state index contributed by atoms with van der Waals surface area (Å²) in [5.41, 5.74) is 1.27. The molecule has 0 radical (unpaired) electrons. The van der Waals surface area contributed by atoms with Gasteiger partial charge in [0.1, 0.15) is 11.1 Å². The van der Waals surface area contributed by atoms with Crippen molar-refractivity contribution in [3.8, 4) is 5.75 Å². The van der Waals surface area contributed by atoms with E-state index in [9.17, 15) is 4.79 Å². The van der Waals surface area contributed by atoms with Crippen LogP contribution in [0, 0.1) is 0 Å². The molecule has 0 aliphatic carbocycles. The zero-order valence-corrected chi connectivity index (χ0v) is 11.8. The Labute approximate surface area is 120 Å². The van der Waals surface area contributed by atoms with Crippen molar-refractivity contribution >= 4 is 17.0 Å². The van der Waals surface area contributed by atoms with Gasteiger partial charge in [0, 0.05) is 19.2 Å². The molecule has 0 fully saturated rings. The number of aromatic nitrogens is 4. The monoisotopic (exact) mass is 285 g/mol. The largest absolute Gasteiger partial charge is 0.496 e. The van der Waals surface area contributed by atoms with E-state index >= 15 is 0 Å². The number of H-pyrrole nitrogens is 2. The quantitative estimate of drug-likeness (QED) is 0.754. The summed E-state index contributed by atoms with van der Waals surface area (Å²) in [6.45, 7) is 0.562. The number of hydrogen-bond donors (Lipinski definition) is 2. The lowest BCUT2D eigenvalue weighted by Gasteiger charge is -2.18. The fourth-order valence-electron chi connectivity index (χ4n) is 2.18. The Balaban J connectivity index is 1.93. The van der Waals surface area contributed by atoms with Gasteiger partial charge in [-0.3, -0.25) is 14.9 Å². The Hall–Kier alpha value is -2.83. The minimum absolute atomic E-state index is 0.212. The molecule has 3 rings (SSSR count). The molecular weight excluding hydrogens is 270 g/mol. The number of fused-ring (bicyclic) bond motifs is 1. The van der Waals surface area contributed by atoms with Gasteiger partial charge in [0.25, 0.3) is 5.56 Å². The first-order valence-electron chi connectivity index (χ1n) is 6.45. The molecule has 0 atom stereocenters. The summed E-state index contributed by atoms with van der Waals surface area (Å²) in [5, 5.41) is 6.99. The van der Waals surface area contributed by atoms with Gasteiger partial charge < -0.3 is 9.64 Å². The number of ether oxygens (including phenoxy) is 1. The fourth-order valence-corrected chi connectivity index (χ4v) is 2.18. The predicted octanol–water partition coefficient (Wildman–Crippen LogP) is 1.29. The van der Waals surface area contributed by atoms with Crippen LogP contribution in [0.25, 0.3) is 11.0 Å². The minimum Gasteiger partial charge on any atom is -0.496 e. The highest BCUT2D eigenvalue weighted by atomic mass is 16.5. The number of rotatable bonds is 4. The van der Waals surface area contributed by atoms with Crippen LogP contribution in [0.15, 0.2) is 35.3 Å². The van der Waals surface area contributed by atoms with Gasteiger partial charge in [-0.1, -0.05) is 18.2 Å². The van der Waals surface area contributed by atoms with E-state index < -0.39 is 0 Å². The number of benzene rings is 1. The normalized spacial score (nSPS) is 10.8. The first-order chi connectivity index (χ1) is 10.2. The van der Waals surface area contributed by atoms with Crippen LogP contribution >= 0.6 is 0 Å². The minimum atomic E-state index is -0.212. The summed E-state index contributed by atoms with van der Waals surface area (Å²) >= 11 is 0. The van der Waals surface area contributed by atoms with E-state index in [2.05, 4.69) is 20.2 Å². The highest BCUT2D eigenvalue weighted by Gasteiger charge is 2.11. The second-order valence-electron chi connectivity index (χ2n) is 4.69. The lowest BCUT2D eigenvalue weighted by Crippen LogP contribution is -2.22. The van der Waals surface area contributed by atoms with E-state index in [0.29, 0.717) is 23.5 Å². The van der Waals surface area contributed by atoms with E-state index in [1.807, 2.05) is 36.2 Å². The maximum Gasteiger partial charge on any atom is 0.263 e. The van der Waals surface area contributed by atoms with Crippen molar-refractivity contribution in [2.45, 2.75) is 6.54 Å². The molecular formula is C14H15N5O2. The Kier molecular flexibility index (Phi) is 3.31. The van der Waals surface area contributed by atoms with Crippen LogP contribution in [-0.2, 0) is 6.54 Å². The molecule has 7 heteroatoms. The molecule has 0 saturated heterocycles. The zero-order valence-electron chi connectivity index (χ0n) is 11.8. The molecule has 1 aromatic carbocycles. The molecule has 2 N–H and O–H groups in total. The van der Waals surface area contributed by atoms with Crippen molar-refractivity contribution in [2.24, 2.45) is 0 Å². The van der Waals surface area contributed by atoms with Crippen molar-refractivity contribution in [1.29, 1.82) is 0 Å². The van der Waals surface area contributed by atoms with E-state index in [0.717, 1.165) is 11.3 Å². The lowest BCUT2D eigenvalue weighted by atomic mass is 10.2. The second kappa shape index (κ2) is 5.28. The molecule has 2 heterocycles. The molecule has 0 spiro atoms. The molecule has 0 amide bonds. The molecule has 108 valence electrons. The molecule has 3 aromatic rings. The maximum atomic E-state index is 11.9. The maximum absolute atomic E-state index is 11.9. The van der Waals surface area contributed by atoms with Crippen LogP contribution in [0.3, 0.4) is 0 Å². The summed E-state index contributed by atoms with van der Waals surface area (Å²) in [7, 11) is 3.49. The number of anilines is 1. The number of aromatic amines is 2. The van der Waals surface area contributed by atoms with Crippen LogP contribution < -0.4 is 15.2 Å². The van der Waals surface area contributed by atoms with Crippen LogP contribution in [0.4, 0.5) is 5.95 Å². The number of nitrogens with one attached hydrogen (secondary N) is 2. The van der Waals surface area contributed by atoms with Crippen molar-refractivity contribution in [3.63, 3.8) is 0 Å². The third kappa shape index (κ3) is 2.45.